The summed E-state index contributed by atoms with van der Waals surface area (Å²) in [5.74, 6) is -0.714. The van der Waals surface area contributed by atoms with Crippen LogP contribution in [0.1, 0.15) is 11.3 Å². The van der Waals surface area contributed by atoms with Crippen molar-refractivity contribution in [2.75, 3.05) is 0 Å². The second-order valence-electron chi connectivity index (χ2n) is 5.64. The van der Waals surface area contributed by atoms with E-state index < -0.39 is 17.8 Å². The van der Waals surface area contributed by atoms with Crippen LogP contribution in [0.15, 0.2) is 52.0 Å². The number of halogens is 4. The first-order valence-electron chi connectivity index (χ1n) is 7.63. The number of rotatable bonds is 4. The van der Waals surface area contributed by atoms with Crippen LogP contribution in [-0.4, -0.2) is 25.6 Å². The van der Waals surface area contributed by atoms with Crippen LogP contribution in [0.2, 0.25) is 0 Å². The lowest BCUT2D eigenvalue weighted by atomic mass is 10.2. The van der Waals surface area contributed by atoms with E-state index in [0.717, 1.165) is 22.3 Å². The number of alkyl halides is 3. The number of benzene rings is 1. The Balaban J connectivity index is 1.96. The van der Waals surface area contributed by atoms with Crippen LogP contribution in [0.25, 0.3) is 5.69 Å². The summed E-state index contributed by atoms with van der Waals surface area (Å²) in [7, 11) is 0. The predicted octanol–water partition coefficient (Wildman–Crippen LogP) is 3.76. The van der Waals surface area contributed by atoms with Crippen LogP contribution < -0.4 is 10.4 Å². The second-order valence-corrected chi connectivity index (χ2v) is 6.45. The van der Waals surface area contributed by atoms with E-state index in [1.807, 2.05) is 0 Å². The maximum atomic E-state index is 12.7. The highest BCUT2D eigenvalue weighted by Gasteiger charge is 2.31. The molecule has 0 unspecified atom stereocenters. The van der Waals surface area contributed by atoms with E-state index in [2.05, 4.69) is 25.7 Å². The molecular weight excluding hydrogens is 431 g/mol. The molecular formula is C17H13BrF3N3O3. The molecule has 10 heteroatoms. The van der Waals surface area contributed by atoms with Gasteiger partial charge >= 0.3 is 12.1 Å². The number of pyridine rings is 1. The zero-order valence-electron chi connectivity index (χ0n) is 13.9. The summed E-state index contributed by atoms with van der Waals surface area (Å²) < 4.78 is 43.6. The first-order valence-corrected chi connectivity index (χ1v) is 8.43. The van der Waals surface area contributed by atoms with Crippen molar-refractivity contribution in [1.29, 1.82) is 0 Å². The minimum Gasteiger partial charge on any atom is -0.493 e. The van der Waals surface area contributed by atoms with E-state index in [9.17, 15) is 23.1 Å². The molecule has 0 spiro atoms. The molecule has 0 amide bonds. The Morgan fingerprint density at radius 1 is 1.22 bits per heavy atom. The molecule has 0 bridgehead atoms. The Hall–Kier alpha value is -2.75. The van der Waals surface area contributed by atoms with E-state index in [1.165, 1.54) is 16.7 Å². The smallest absolute Gasteiger partial charge is 0.493 e. The molecule has 1 aromatic carbocycles. The van der Waals surface area contributed by atoms with Crippen molar-refractivity contribution in [3.05, 3.63) is 68.9 Å². The van der Waals surface area contributed by atoms with Crippen LogP contribution in [0.4, 0.5) is 13.2 Å². The highest BCUT2D eigenvalue weighted by atomic mass is 79.9. The van der Waals surface area contributed by atoms with Crippen LogP contribution in [0.5, 0.6) is 11.6 Å². The van der Waals surface area contributed by atoms with E-state index >= 15 is 0 Å². The van der Waals surface area contributed by atoms with Crippen LogP contribution in [-0.2, 0) is 6.54 Å². The van der Waals surface area contributed by atoms with Gasteiger partial charge in [-0.05, 0) is 64.8 Å². The summed E-state index contributed by atoms with van der Waals surface area (Å²) in [6.07, 6.45) is -3.23. The van der Waals surface area contributed by atoms with Crippen molar-refractivity contribution >= 4 is 15.9 Å². The third-order valence-corrected chi connectivity index (χ3v) is 4.26. The Labute approximate surface area is 159 Å². The van der Waals surface area contributed by atoms with Crippen molar-refractivity contribution in [2.24, 2.45) is 0 Å². The average molecular weight is 444 g/mol. The Morgan fingerprint density at radius 2 is 1.89 bits per heavy atom. The molecule has 0 saturated heterocycles. The lowest BCUT2D eigenvalue weighted by Crippen LogP contribution is -2.24. The van der Waals surface area contributed by atoms with Gasteiger partial charge in [-0.3, -0.25) is 4.57 Å². The first-order chi connectivity index (χ1) is 12.7. The van der Waals surface area contributed by atoms with E-state index in [-0.39, 0.29) is 18.1 Å². The minimum atomic E-state index is -4.81. The summed E-state index contributed by atoms with van der Waals surface area (Å²) in [6.45, 7) is 1.77. The molecule has 3 rings (SSSR count). The summed E-state index contributed by atoms with van der Waals surface area (Å²) in [4.78, 5) is 16.8. The topological polar surface area (TPSA) is 69.3 Å². The van der Waals surface area contributed by atoms with Gasteiger partial charge in [-0.2, -0.15) is 0 Å². The van der Waals surface area contributed by atoms with Crippen molar-refractivity contribution in [3.8, 4) is 17.3 Å². The number of nitrogens with zero attached hydrogens (tertiary/aromatic N) is 3. The Bertz CT molecular complexity index is 1030. The number of hydrogen-bond acceptors (Lipinski definition) is 4. The van der Waals surface area contributed by atoms with Gasteiger partial charge in [0.25, 0.3) is 0 Å². The summed E-state index contributed by atoms with van der Waals surface area (Å²) in [6, 6.07) is 8.13. The Morgan fingerprint density at radius 3 is 2.48 bits per heavy atom. The predicted molar refractivity (Wildman–Crippen MR) is 94.2 cm³/mol. The van der Waals surface area contributed by atoms with Gasteiger partial charge in [0.2, 0.25) is 5.88 Å². The average Bonchev–Trinajstić information content (AvgIpc) is 2.78. The quantitative estimate of drug-likeness (QED) is 0.623. The molecule has 0 aliphatic carbocycles. The first kappa shape index (κ1) is 19.0. The fourth-order valence-corrected chi connectivity index (χ4v) is 2.99. The number of aromatic nitrogens is 3. The van der Waals surface area contributed by atoms with Gasteiger partial charge in [0.05, 0.1) is 17.9 Å². The molecule has 0 aliphatic rings. The van der Waals surface area contributed by atoms with Crippen LogP contribution in [0, 0.1) is 6.92 Å². The second kappa shape index (κ2) is 7.10. The van der Waals surface area contributed by atoms with Crippen molar-refractivity contribution in [2.45, 2.75) is 19.8 Å². The number of aromatic hydroxyl groups is 1. The minimum absolute atomic E-state index is 0.196. The zero-order valence-corrected chi connectivity index (χ0v) is 15.5. The molecule has 0 atom stereocenters. The SMILES string of the molecule is Cc1c(O)n(-c2ccc(OC(F)(F)F)cc2)c(=O)n1Cc1ccnc(Br)c1. The molecule has 0 fully saturated rings. The van der Waals surface area contributed by atoms with Gasteiger partial charge < -0.3 is 9.84 Å². The molecule has 2 aromatic heterocycles. The zero-order chi connectivity index (χ0) is 19.8. The van der Waals surface area contributed by atoms with Gasteiger partial charge in [-0.1, -0.05) is 0 Å². The molecule has 3 aromatic rings. The fraction of sp³-hybridized carbons (Fsp3) is 0.176. The molecule has 0 aliphatic heterocycles. The van der Waals surface area contributed by atoms with E-state index in [4.69, 9.17) is 0 Å². The van der Waals surface area contributed by atoms with Gasteiger partial charge in [-0.15, -0.1) is 13.2 Å². The van der Waals surface area contributed by atoms with Gasteiger partial charge in [-0.25, -0.2) is 14.3 Å². The van der Waals surface area contributed by atoms with Gasteiger partial charge in [0, 0.05) is 6.20 Å². The lowest BCUT2D eigenvalue weighted by Gasteiger charge is -2.09. The molecule has 6 nitrogen and oxygen atoms in total. The fourth-order valence-electron chi connectivity index (χ4n) is 2.58. The summed E-state index contributed by atoms with van der Waals surface area (Å²) >= 11 is 3.25. The summed E-state index contributed by atoms with van der Waals surface area (Å²) in [5.41, 5.74) is 0.795. The standard InChI is InChI=1S/C17H13BrF3N3O3/c1-10-15(25)24(12-2-4-13(5-3-12)27-17(19,20)21)16(26)23(10)9-11-6-7-22-14(18)8-11/h2-8,25H,9H2,1H3. The van der Waals surface area contributed by atoms with E-state index in [0.29, 0.717) is 10.3 Å². The number of imidazole rings is 1. The number of ether oxygens (including phenoxy) is 1. The normalized spacial score (nSPS) is 11.6. The monoisotopic (exact) mass is 443 g/mol. The Kier molecular flexibility index (Phi) is 5.01. The highest BCUT2D eigenvalue weighted by molar-refractivity contribution is 9.10. The maximum Gasteiger partial charge on any atom is 0.573 e. The van der Waals surface area contributed by atoms with Gasteiger partial charge in [0.15, 0.2) is 0 Å². The lowest BCUT2D eigenvalue weighted by molar-refractivity contribution is -0.274. The maximum absolute atomic E-state index is 12.7. The molecule has 0 saturated carbocycles. The highest BCUT2D eigenvalue weighted by Crippen LogP contribution is 2.26. The summed E-state index contributed by atoms with van der Waals surface area (Å²) in [5, 5.41) is 10.4. The molecule has 0 radical (unpaired) electrons. The van der Waals surface area contributed by atoms with Crippen molar-refractivity contribution in [1.82, 2.24) is 14.1 Å². The van der Waals surface area contributed by atoms with E-state index in [1.54, 1.807) is 25.3 Å². The number of hydrogen-bond donors (Lipinski definition) is 1. The largest absolute Gasteiger partial charge is 0.573 e. The van der Waals surface area contributed by atoms with Crippen molar-refractivity contribution in [3.63, 3.8) is 0 Å². The molecule has 27 heavy (non-hydrogen) atoms. The van der Waals surface area contributed by atoms with Crippen LogP contribution >= 0.6 is 15.9 Å². The third-order valence-electron chi connectivity index (χ3n) is 3.82. The van der Waals surface area contributed by atoms with Gasteiger partial charge in [0.1, 0.15) is 10.4 Å². The molecule has 2 heterocycles. The third kappa shape index (κ3) is 4.16. The molecule has 142 valence electrons. The van der Waals surface area contributed by atoms with Crippen LogP contribution in [0.3, 0.4) is 0 Å². The molecule has 1 N–H and O–H groups in total. The van der Waals surface area contributed by atoms with Crippen molar-refractivity contribution < 1.29 is 23.0 Å².